The summed E-state index contributed by atoms with van der Waals surface area (Å²) in [6, 6.07) is 7.71. The average Bonchev–Trinajstić information content (AvgIpc) is 2.36. The Bertz CT molecular complexity index is 671. The lowest BCUT2D eigenvalue weighted by molar-refractivity contribution is 0.0697. The molecule has 2 nitrogen and oxygen atoms in total. The number of carbonyl (C=O) groups is 1. The number of aryl methyl sites for hydroxylation is 3. The molecule has 0 unspecified atom stereocenters. The van der Waals surface area contributed by atoms with Crippen LogP contribution in [-0.4, -0.2) is 11.1 Å². The van der Waals surface area contributed by atoms with Gasteiger partial charge in [0, 0.05) is 0 Å². The predicted octanol–water partition coefficient (Wildman–Crippen LogP) is 4.59. The highest BCUT2D eigenvalue weighted by Crippen LogP contribution is 2.32. The van der Waals surface area contributed by atoms with Crippen molar-refractivity contribution in [1.82, 2.24) is 0 Å². The minimum Gasteiger partial charge on any atom is -0.478 e. The molecule has 0 fully saturated rings. The summed E-state index contributed by atoms with van der Waals surface area (Å²) in [5.41, 5.74) is 8.38. The zero-order valence-corrected chi connectivity index (χ0v) is 12.7. The second kappa shape index (κ2) is 5.12. The highest BCUT2D eigenvalue weighted by Gasteiger charge is 2.13. The molecule has 0 saturated carbocycles. The molecule has 0 aliphatic heterocycles. The summed E-state index contributed by atoms with van der Waals surface area (Å²) >= 11 is 0. The van der Waals surface area contributed by atoms with Gasteiger partial charge in [0.15, 0.2) is 0 Å². The third kappa shape index (κ3) is 2.46. The molecule has 0 heterocycles. The number of benzene rings is 2. The smallest absolute Gasteiger partial charge is 0.335 e. The van der Waals surface area contributed by atoms with Crippen LogP contribution in [0.15, 0.2) is 24.3 Å². The fourth-order valence-electron chi connectivity index (χ4n) is 2.70. The summed E-state index contributed by atoms with van der Waals surface area (Å²) in [6.45, 7) is 10.3. The molecule has 0 amide bonds. The third-order valence-corrected chi connectivity index (χ3v) is 3.98. The van der Waals surface area contributed by atoms with Crippen molar-refractivity contribution in [2.45, 2.75) is 34.6 Å². The standard InChI is InChI=1S/C18H20O2/c1-10-6-15(9-16(7-10)18(19)20)17-13(4)11(2)8-12(3)14(17)5/h6-9H,1-5H3,(H,19,20). The maximum atomic E-state index is 11.2. The molecule has 1 N–H and O–H groups in total. The average molecular weight is 268 g/mol. The molecule has 0 aliphatic rings. The van der Waals surface area contributed by atoms with Gasteiger partial charge in [-0.2, -0.15) is 0 Å². The Morgan fingerprint density at radius 1 is 0.850 bits per heavy atom. The fourth-order valence-corrected chi connectivity index (χ4v) is 2.70. The van der Waals surface area contributed by atoms with Gasteiger partial charge in [-0.1, -0.05) is 12.1 Å². The summed E-state index contributed by atoms with van der Waals surface area (Å²) < 4.78 is 0. The Hall–Kier alpha value is -2.09. The molecule has 0 aliphatic carbocycles. The van der Waals surface area contributed by atoms with Crippen molar-refractivity contribution in [3.05, 3.63) is 57.6 Å². The number of carboxylic acid groups (broad SMARTS) is 1. The Morgan fingerprint density at radius 2 is 1.40 bits per heavy atom. The summed E-state index contributed by atoms with van der Waals surface area (Å²) in [7, 11) is 0. The largest absolute Gasteiger partial charge is 0.478 e. The molecule has 2 rings (SSSR count). The molecule has 0 radical (unpaired) electrons. The minimum absolute atomic E-state index is 0.345. The van der Waals surface area contributed by atoms with Gasteiger partial charge in [-0.25, -0.2) is 4.79 Å². The Labute approximate surface area is 120 Å². The number of hydrogen-bond acceptors (Lipinski definition) is 1. The normalized spacial score (nSPS) is 10.7. The van der Waals surface area contributed by atoms with Gasteiger partial charge in [0.05, 0.1) is 5.56 Å². The number of rotatable bonds is 2. The van der Waals surface area contributed by atoms with Crippen LogP contribution in [0, 0.1) is 34.6 Å². The van der Waals surface area contributed by atoms with Gasteiger partial charge in [-0.15, -0.1) is 0 Å². The van der Waals surface area contributed by atoms with E-state index in [-0.39, 0.29) is 0 Å². The zero-order chi connectivity index (χ0) is 15.0. The predicted molar refractivity (Wildman–Crippen MR) is 82.5 cm³/mol. The van der Waals surface area contributed by atoms with Crippen LogP contribution < -0.4 is 0 Å². The van der Waals surface area contributed by atoms with E-state index < -0.39 is 5.97 Å². The first-order valence-electron chi connectivity index (χ1n) is 6.74. The summed E-state index contributed by atoms with van der Waals surface area (Å²) in [6.07, 6.45) is 0. The third-order valence-electron chi connectivity index (χ3n) is 3.98. The van der Waals surface area contributed by atoms with E-state index in [1.54, 1.807) is 12.1 Å². The van der Waals surface area contributed by atoms with Gasteiger partial charge in [0.2, 0.25) is 0 Å². The lowest BCUT2D eigenvalue weighted by Crippen LogP contribution is -2.00. The first-order valence-corrected chi connectivity index (χ1v) is 6.74. The van der Waals surface area contributed by atoms with Crippen molar-refractivity contribution in [1.29, 1.82) is 0 Å². The Kier molecular flexibility index (Phi) is 3.67. The van der Waals surface area contributed by atoms with Crippen LogP contribution in [-0.2, 0) is 0 Å². The van der Waals surface area contributed by atoms with Gasteiger partial charge in [-0.3, -0.25) is 0 Å². The van der Waals surface area contributed by atoms with E-state index >= 15 is 0 Å². The summed E-state index contributed by atoms with van der Waals surface area (Å²) in [5.74, 6) is -0.880. The van der Waals surface area contributed by atoms with Crippen LogP contribution in [0.25, 0.3) is 11.1 Å². The quantitative estimate of drug-likeness (QED) is 0.864. The SMILES string of the molecule is Cc1cc(C(=O)O)cc(-c2c(C)c(C)cc(C)c2C)c1. The lowest BCUT2D eigenvalue weighted by atomic mass is 9.88. The van der Waals surface area contributed by atoms with E-state index in [0.29, 0.717) is 5.56 Å². The molecule has 2 heteroatoms. The molecular weight excluding hydrogens is 248 g/mol. The van der Waals surface area contributed by atoms with Crippen molar-refractivity contribution >= 4 is 5.97 Å². The second-order valence-electron chi connectivity index (χ2n) is 5.53. The summed E-state index contributed by atoms with van der Waals surface area (Å²) in [5, 5.41) is 9.23. The highest BCUT2D eigenvalue weighted by atomic mass is 16.4. The molecule has 104 valence electrons. The molecular formula is C18H20O2. The molecule has 0 bridgehead atoms. The molecule has 20 heavy (non-hydrogen) atoms. The molecule has 0 spiro atoms. The van der Waals surface area contributed by atoms with Crippen molar-refractivity contribution < 1.29 is 9.90 Å². The number of hydrogen-bond donors (Lipinski definition) is 1. The van der Waals surface area contributed by atoms with Crippen molar-refractivity contribution in [2.75, 3.05) is 0 Å². The van der Waals surface area contributed by atoms with Crippen molar-refractivity contribution in [2.24, 2.45) is 0 Å². The first-order chi connectivity index (χ1) is 9.31. The van der Waals surface area contributed by atoms with Gasteiger partial charge in [0.25, 0.3) is 0 Å². The van der Waals surface area contributed by atoms with E-state index in [1.807, 2.05) is 6.92 Å². The van der Waals surface area contributed by atoms with Crippen LogP contribution in [0.1, 0.15) is 38.2 Å². The van der Waals surface area contributed by atoms with Crippen molar-refractivity contribution in [3.63, 3.8) is 0 Å². The topological polar surface area (TPSA) is 37.3 Å². The van der Waals surface area contributed by atoms with Gasteiger partial charge >= 0.3 is 5.97 Å². The van der Waals surface area contributed by atoms with Crippen LogP contribution in [0.5, 0.6) is 0 Å². The molecule has 2 aromatic carbocycles. The molecule has 2 aromatic rings. The summed E-state index contributed by atoms with van der Waals surface area (Å²) in [4.78, 5) is 11.2. The number of carboxylic acids is 1. The molecule has 0 atom stereocenters. The van der Waals surface area contributed by atoms with Crippen LogP contribution in [0.4, 0.5) is 0 Å². The molecule has 0 saturated heterocycles. The van der Waals surface area contributed by atoms with Crippen LogP contribution >= 0.6 is 0 Å². The van der Waals surface area contributed by atoms with E-state index in [1.165, 1.54) is 22.3 Å². The van der Waals surface area contributed by atoms with E-state index in [2.05, 4.69) is 39.8 Å². The van der Waals surface area contributed by atoms with Gasteiger partial charge in [-0.05, 0) is 85.7 Å². The Morgan fingerprint density at radius 3 is 1.90 bits per heavy atom. The maximum absolute atomic E-state index is 11.2. The van der Waals surface area contributed by atoms with Gasteiger partial charge < -0.3 is 5.11 Å². The minimum atomic E-state index is -0.880. The zero-order valence-electron chi connectivity index (χ0n) is 12.7. The molecule has 0 aromatic heterocycles. The van der Waals surface area contributed by atoms with Crippen LogP contribution in [0.3, 0.4) is 0 Å². The Balaban J connectivity index is 2.78. The fraction of sp³-hybridized carbons (Fsp3) is 0.278. The lowest BCUT2D eigenvalue weighted by Gasteiger charge is -2.16. The van der Waals surface area contributed by atoms with E-state index in [4.69, 9.17) is 0 Å². The maximum Gasteiger partial charge on any atom is 0.335 e. The monoisotopic (exact) mass is 268 g/mol. The number of aromatic carboxylic acids is 1. The van der Waals surface area contributed by atoms with Crippen molar-refractivity contribution in [3.8, 4) is 11.1 Å². The van der Waals surface area contributed by atoms with Gasteiger partial charge in [0.1, 0.15) is 0 Å². The van der Waals surface area contributed by atoms with E-state index in [9.17, 15) is 9.90 Å². The van der Waals surface area contributed by atoms with Crippen LogP contribution in [0.2, 0.25) is 0 Å². The second-order valence-corrected chi connectivity index (χ2v) is 5.53. The van der Waals surface area contributed by atoms with E-state index in [0.717, 1.165) is 16.7 Å². The first kappa shape index (κ1) is 14.3. The highest BCUT2D eigenvalue weighted by molar-refractivity contribution is 5.90.